The Kier molecular flexibility index (Phi) is 2.58. The van der Waals surface area contributed by atoms with Gasteiger partial charge in [-0.25, -0.2) is 4.98 Å². The SMILES string of the molecule is Cc1ccc2nc(C3CCC(C(=O)O)C3)[nH]c2c1. The molecule has 0 spiro atoms. The highest BCUT2D eigenvalue weighted by Gasteiger charge is 2.32. The van der Waals surface area contributed by atoms with Gasteiger partial charge in [0.05, 0.1) is 17.0 Å². The number of fused-ring (bicyclic) bond motifs is 1. The number of benzene rings is 1. The van der Waals surface area contributed by atoms with E-state index in [1.165, 1.54) is 5.56 Å². The molecule has 0 aliphatic heterocycles. The van der Waals surface area contributed by atoms with E-state index in [-0.39, 0.29) is 11.8 Å². The molecule has 2 aromatic rings. The molecule has 1 fully saturated rings. The molecule has 0 radical (unpaired) electrons. The fraction of sp³-hybridized carbons (Fsp3) is 0.429. The average molecular weight is 244 g/mol. The van der Waals surface area contributed by atoms with Crippen molar-refractivity contribution in [2.75, 3.05) is 0 Å². The van der Waals surface area contributed by atoms with Gasteiger partial charge >= 0.3 is 5.97 Å². The van der Waals surface area contributed by atoms with Crippen LogP contribution in [0.15, 0.2) is 18.2 Å². The molecule has 2 N–H and O–H groups in total. The summed E-state index contributed by atoms with van der Waals surface area (Å²) in [6.07, 6.45) is 2.37. The van der Waals surface area contributed by atoms with Crippen molar-refractivity contribution >= 4 is 17.0 Å². The van der Waals surface area contributed by atoms with Crippen molar-refractivity contribution < 1.29 is 9.90 Å². The van der Waals surface area contributed by atoms with Crippen molar-refractivity contribution in [1.82, 2.24) is 9.97 Å². The fourth-order valence-corrected chi connectivity index (χ4v) is 2.79. The molecule has 0 bridgehead atoms. The largest absolute Gasteiger partial charge is 0.481 e. The quantitative estimate of drug-likeness (QED) is 0.853. The van der Waals surface area contributed by atoms with Crippen LogP contribution in [-0.2, 0) is 4.79 Å². The summed E-state index contributed by atoms with van der Waals surface area (Å²) in [5.74, 6) is 0.326. The molecule has 1 aromatic heterocycles. The minimum absolute atomic E-state index is 0.204. The topological polar surface area (TPSA) is 66.0 Å². The second-order valence-corrected chi connectivity index (χ2v) is 5.19. The Morgan fingerprint density at radius 1 is 1.44 bits per heavy atom. The van der Waals surface area contributed by atoms with Crippen LogP contribution in [0.2, 0.25) is 0 Å². The van der Waals surface area contributed by atoms with Crippen LogP contribution in [-0.4, -0.2) is 21.0 Å². The second kappa shape index (κ2) is 4.12. The van der Waals surface area contributed by atoms with Crippen LogP contribution in [0.4, 0.5) is 0 Å². The van der Waals surface area contributed by atoms with Gasteiger partial charge in [-0.2, -0.15) is 0 Å². The van der Waals surface area contributed by atoms with Crippen LogP contribution in [0.25, 0.3) is 11.0 Å². The Labute approximate surface area is 105 Å². The highest BCUT2D eigenvalue weighted by molar-refractivity contribution is 5.76. The van der Waals surface area contributed by atoms with Crippen LogP contribution < -0.4 is 0 Å². The van der Waals surface area contributed by atoms with E-state index < -0.39 is 5.97 Å². The lowest BCUT2D eigenvalue weighted by Gasteiger charge is -2.04. The van der Waals surface area contributed by atoms with Crippen molar-refractivity contribution in [1.29, 1.82) is 0 Å². The van der Waals surface area contributed by atoms with Gasteiger partial charge in [0, 0.05) is 5.92 Å². The molecule has 94 valence electrons. The van der Waals surface area contributed by atoms with Crippen molar-refractivity contribution in [3.63, 3.8) is 0 Å². The molecule has 2 atom stereocenters. The lowest BCUT2D eigenvalue weighted by Crippen LogP contribution is -2.09. The first-order valence-electron chi connectivity index (χ1n) is 6.32. The van der Waals surface area contributed by atoms with Crippen LogP contribution in [0.1, 0.15) is 36.6 Å². The number of nitrogens with zero attached hydrogens (tertiary/aromatic N) is 1. The maximum atomic E-state index is 11.0. The number of aromatic nitrogens is 2. The molecule has 1 heterocycles. The Morgan fingerprint density at radius 3 is 3.00 bits per heavy atom. The summed E-state index contributed by atoms with van der Waals surface area (Å²) in [6.45, 7) is 2.05. The number of carboxylic acids is 1. The molecule has 0 amide bonds. The molecule has 3 rings (SSSR count). The maximum absolute atomic E-state index is 11.0. The number of imidazole rings is 1. The number of rotatable bonds is 2. The van der Waals surface area contributed by atoms with Crippen molar-refractivity contribution in [3.05, 3.63) is 29.6 Å². The number of hydrogen-bond donors (Lipinski definition) is 2. The van der Waals surface area contributed by atoms with Gasteiger partial charge in [0.2, 0.25) is 0 Å². The van der Waals surface area contributed by atoms with Gasteiger partial charge in [-0.1, -0.05) is 6.07 Å². The van der Waals surface area contributed by atoms with E-state index in [4.69, 9.17) is 5.11 Å². The number of carboxylic acid groups (broad SMARTS) is 1. The lowest BCUT2D eigenvalue weighted by atomic mass is 10.0. The smallest absolute Gasteiger partial charge is 0.306 e. The predicted octanol–water partition coefficient (Wildman–Crippen LogP) is 2.84. The minimum atomic E-state index is -0.676. The molecule has 1 saturated carbocycles. The number of carbonyl (C=O) groups is 1. The number of aromatic amines is 1. The van der Waals surface area contributed by atoms with E-state index in [0.29, 0.717) is 6.42 Å². The zero-order chi connectivity index (χ0) is 12.7. The number of H-pyrrole nitrogens is 1. The molecule has 4 heteroatoms. The van der Waals surface area contributed by atoms with Gasteiger partial charge in [0.1, 0.15) is 5.82 Å². The number of nitrogens with one attached hydrogen (secondary N) is 1. The van der Waals surface area contributed by atoms with E-state index in [9.17, 15) is 4.79 Å². The molecule has 2 unspecified atom stereocenters. The summed E-state index contributed by atoms with van der Waals surface area (Å²) in [7, 11) is 0. The van der Waals surface area contributed by atoms with Gasteiger partial charge < -0.3 is 10.1 Å². The molecule has 1 aliphatic rings. The summed E-state index contributed by atoms with van der Waals surface area (Å²) in [6, 6.07) is 6.13. The van der Waals surface area contributed by atoms with Crippen LogP contribution in [0.3, 0.4) is 0 Å². The third kappa shape index (κ3) is 1.88. The summed E-state index contributed by atoms with van der Waals surface area (Å²) in [5, 5.41) is 9.02. The van der Waals surface area contributed by atoms with Crippen LogP contribution >= 0.6 is 0 Å². The third-order valence-corrected chi connectivity index (χ3v) is 3.82. The highest BCUT2D eigenvalue weighted by atomic mass is 16.4. The zero-order valence-electron chi connectivity index (χ0n) is 10.3. The Bertz CT molecular complexity index is 603. The number of hydrogen-bond acceptors (Lipinski definition) is 2. The van der Waals surface area contributed by atoms with E-state index in [1.807, 2.05) is 12.1 Å². The van der Waals surface area contributed by atoms with E-state index in [1.54, 1.807) is 0 Å². The Morgan fingerprint density at radius 2 is 2.28 bits per heavy atom. The first-order chi connectivity index (χ1) is 8.63. The Balaban J connectivity index is 1.89. The third-order valence-electron chi connectivity index (χ3n) is 3.82. The number of aryl methyl sites for hydroxylation is 1. The monoisotopic (exact) mass is 244 g/mol. The van der Waals surface area contributed by atoms with Crippen LogP contribution in [0, 0.1) is 12.8 Å². The van der Waals surface area contributed by atoms with Crippen LogP contribution in [0.5, 0.6) is 0 Å². The normalized spacial score (nSPS) is 23.6. The fourth-order valence-electron chi connectivity index (χ4n) is 2.79. The summed E-state index contributed by atoms with van der Waals surface area (Å²) < 4.78 is 0. The standard InChI is InChI=1S/C14H16N2O2/c1-8-2-5-11-12(6-8)16-13(15-11)9-3-4-10(7-9)14(17)18/h2,5-6,9-10H,3-4,7H2,1H3,(H,15,16)(H,17,18). The van der Waals surface area contributed by atoms with Gasteiger partial charge in [-0.05, 0) is 43.9 Å². The maximum Gasteiger partial charge on any atom is 0.306 e. The zero-order valence-corrected chi connectivity index (χ0v) is 10.3. The number of aliphatic carboxylic acids is 1. The van der Waals surface area contributed by atoms with Gasteiger partial charge in [-0.15, -0.1) is 0 Å². The van der Waals surface area contributed by atoms with Gasteiger partial charge in [0.15, 0.2) is 0 Å². The van der Waals surface area contributed by atoms with Gasteiger partial charge in [-0.3, -0.25) is 4.79 Å². The molecule has 18 heavy (non-hydrogen) atoms. The molecular formula is C14H16N2O2. The van der Waals surface area contributed by atoms with Crippen molar-refractivity contribution in [2.24, 2.45) is 5.92 Å². The summed E-state index contributed by atoms with van der Waals surface area (Å²) >= 11 is 0. The molecule has 1 aromatic carbocycles. The first-order valence-corrected chi connectivity index (χ1v) is 6.32. The molecular weight excluding hydrogens is 228 g/mol. The molecule has 1 aliphatic carbocycles. The second-order valence-electron chi connectivity index (χ2n) is 5.19. The first kappa shape index (κ1) is 11.3. The summed E-state index contributed by atoms with van der Waals surface area (Å²) in [5.41, 5.74) is 3.21. The van der Waals surface area contributed by atoms with E-state index in [0.717, 1.165) is 29.7 Å². The van der Waals surface area contributed by atoms with E-state index >= 15 is 0 Å². The van der Waals surface area contributed by atoms with Crippen molar-refractivity contribution in [2.45, 2.75) is 32.1 Å². The minimum Gasteiger partial charge on any atom is -0.481 e. The van der Waals surface area contributed by atoms with Gasteiger partial charge in [0.25, 0.3) is 0 Å². The van der Waals surface area contributed by atoms with Crippen molar-refractivity contribution in [3.8, 4) is 0 Å². The lowest BCUT2D eigenvalue weighted by molar-refractivity contribution is -0.141. The predicted molar refractivity (Wildman–Crippen MR) is 68.5 cm³/mol. The summed E-state index contributed by atoms with van der Waals surface area (Å²) in [4.78, 5) is 18.9. The highest BCUT2D eigenvalue weighted by Crippen LogP contribution is 2.37. The van der Waals surface area contributed by atoms with E-state index in [2.05, 4.69) is 23.0 Å². The Hall–Kier alpha value is -1.84. The molecule has 4 nitrogen and oxygen atoms in total. The average Bonchev–Trinajstić information content (AvgIpc) is 2.93. The molecule has 0 saturated heterocycles.